The summed E-state index contributed by atoms with van der Waals surface area (Å²) in [6.45, 7) is 1.57. The van der Waals surface area contributed by atoms with E-state index in [1.165, 1.54) is 12.1 Å². The van der Waals surface area contributed by atoms with Crippen LogP contribution in [-0.2, 0) is 9.59 Å². The van der Waals surface area contributed by atoms with Crippen LogP contribution >= 0.6 is 0 Å². The Hall–Kier alpha value is -2.44. The smallest absolute Gasteiger partial charge is 0.306 e. The molecule has 0 bridgehead atoms. The van der Waals surface area contributed by atoms with Crippen molar-refractivity contribution in [2.45, 2.75) is 26.2 Å². The van der Waals surface area contributed by atoms with Gasteiger partial charge in [0.05, 0.1) is 22.1 Å². The average molecular weight is 292 g/mol. The van der Waals surface area contributed by atoms with Crippen LogP contribution in [0.25, 0.3) is 0 Å². The largest absolute Gasteiger partial charge is 0.481 e. The third-order valence-corrected chi connectivity index (χ3v) is 3.91. The van der Waals surface area contributed by atoms with Gasteiger partial charge in [-0.1, -0.05) is 6.07 Å². The molecule has 2 N–H and O–H groups in total. The standard InChI is InChI=1S/C14H16N2O5/c1-8-11(3-2-4-12(8)16(20)21)15-13(17)9-5-6-10(7-9)14(18)19/h2-4,9-10H,5-7H2,1H3,(H,15,17)(H,18,19)/t9-,10+/m1/s1. The maximum atomic E-state index is 12.1. The molecule has 0 aromatic heterocycles. The molecule has 7 heteroatoms. The molecule has 1 fully saturated rings. The number of amides is 1. The number of nitro benzene ring substituents is 1. The SMILES string of the molecule is Cc1c(NC(=O)[C@@H]2CC[C@H](C(=O)O)C2)cccc1[N+](=O)[O-]. The van der Waals surface area contributed by atoms with Gasteiger partial charge in [-0.3, -0.25) is 19.7 Å². The van der Waals surface area contributed by atoms with E-state index in [0.717, 1.165) is 0 Å². The number of hydrogen-bond acceptors (Lipinski definition) is 4. The van der Waals surface area contributed by atoms with Gasteiger partial charge in [0.15, 0.2) is 0 Å². The van der Waals surface area contributed by atoms with Crippen molar-refractivity contribution in [2.75, 3.05) is 5.32 Å². The van der Waals surface area contributed by atoms with Crippen molar-refractivity contribution in [1.29, 1.82) is 0 Å². The fourth-order valence-corrected chi connectivity index (χ4v) is 2.64. The quantitative estimate of drug-likeness (QED) is 0.653. The molecule has 0 radical (unpaired) electrons. The van der Waals surface area contributed by atoms with Crippen molar-refractivity contribution in [2.24, 2.45) is 11.8 Å². The number of hydrogen-bond donors (Lipinski definition) is 2. The van der Waals surface area contributed by atoms with Gasteiger partial charge in [0, 0.05) is 12.0 Å². The molecule has 1 saturated carbocycles. The van der Waals surface area contributed by atoms with Gasteiger partial charge in [0.2, 0.25) is 5.91 Å². The molecule has 7 nitrogen and oxygen atoms in total. The van der Waals surface area contributed by atoms with Gasteiger partial charge in [0.25, 0.3) is 5.69 Å². The summed E-state index contributed by atoms with van der Waals surface area (Å²) in [7, 11) is 0. The molecule has 2 rings (SSSR count). The van der Waals surface area contributed by atoms with Gasteiger partial charge in [-0.25, -0.2) is 0 Å². The lowest BCUT2D eigenvalue weighted by Crippen LogP contribution is -2.22. The Balaban J connectivity index is 2.09. The molecule has 112 valence electrons. The zero-order chi connectivity index (χ0) is 15.6. The molecule has 0 saturated heterocycles. The minimum absolute atomic E-state index is 0.0531. The summed E-state index contributed by atoms with van der Waals surface area (Å²) in [5.74, 6) is -1.99. The molecule has 1 aromatic rings. The Morgan fingerprint density at radius 3 is 2.57 bits per heavy atom. The van der Waals surface area contributed by atoms with Gasteiger partial charge in [0.1, 0.15) is 0 Å². The third-order valence-electron chi connectivity index (χ3n) is 3.91. The first-order valence-electron chi connectivity index (χ1n) is 6.67. The number of carbonyl (C=O) groups is 2. The van der Waals surface area contributed by atoms with Crippen LogP contribution in [0.4, 0.5) is 11.4 Å². The number of benzene rings is 1. The predicted octanol–water partition coefficient (Wildman–Crippen LogP) is 2.34. The molecule has 0 unspecified atom stereocenters. The molecule has 2 atom stereocenters. The van der Waals surface area contributed by atoms with Gasteiger partial charge in [-0.15, -0.1) is 0 Å². The Bertz CT molecular complexity index is 599. The van der Waals surface area contributed by atoms with E-state index in [-0.39, 0.29) is 17.5 Å². The van der Waals surface area contributed by atoms with Crippen molar-refractivity contribution in [1.82, 2.24) is 0 Å². The van der Waals surface area contributed by atoms with E-state index >= 15 is 0 Å². The highest BCUT2D eigenvalue weighted by atomic mass is 16.6. The van der Waals surface area contributed by atoms with Crippen molar-refractivity contribution < 1.29 is 19.6 Å². The van der Waals surface area contributed by atoms with Crippen LogP contribution in [0.2, 0.25) is 0 Å². The highest BCUT2D eigenvalue weighted by Gasteiger charge is 2.34. The number of carboxylic acid groups (broad SMARTS) is 1. The monoisotopic (exact) mass is 292 g/mol. The summed E-state index contributed by atoms with van der Waals surface area (Å²) >= 11 is 0. The molecular weight excluding hydrogens is 276 g/mol. The number of nitrogens with one attached hydrogen (secondary N) is 1. The Morgan fingerprint density at radius 1 is 1.33 bits per heavy atom. The van der Waals surface area contributed by atoms with Gasteiger partial charge in [-0.05, 0) is 32.3 Å². The number of nitrogens with zero attached hydrogens (tertiary/aromatic N) is 1. The first-order valence-corrected chi connectivity index (χ1v) is 6.67. The Morgan fingerprint density at radius 2 is 2.00 bits per heavy atom. The highest BCUT2D eigenvalue weighted by Crippen LogP contribution is 2.33. The van der Waals surface area contributed by atoms with Crippen LogP contribution < -0.4 is 5.32 Å². The minimum Gasteiger partial charge on any atom is -0.481 e. The lowest BCUT2D eigenvalue weighted by atomic mass is 10.0. The van der Waals surface area contributed by atoms with Crippen molar-refractivity contribution >= 4 is 23.3 Å². The molecule has 21 heavy (non-hydrogen) atoms. The minimum atomic E-state index is -0.878. The summed E-state index contributed by atoms with van der Waals surface area (Å²) in [5, 5.41) is 22.5. The van der Waals surface area contributed by atoms with Crippen LogP contribution in [0, 0.1) is 28.9 Å². The van der Waals surface area contributed by atoms with E-state index in [1.807, 2.05) is 0 Å². The van der Waals surface area contributed by atoms with Crippen LogP contribution in [0.5, 0.6) is 0 Å². The summed E-state index contributed by atoms with van der Waals surface area (Å²) < 4.78 is 0. The van der Waals surface area contributed by atoms with E-state index in [1.54, 1.807) is 13.0 Å². The van der Waals surface area contributed by atoms with Crippen LogP contribution in [0.3, 0.4) is 0 Å². The molecule has 1 aliphatic rings. The van der Waals surface area contributed by atoms with E-state index in [4.69, 9.17) is 5.11 Å². The zero-order valence-corrected chi connectivity index (χ0v) is 11.5. The summed E-state index contributed by atoms with van der Waals surface area (Å²) in [5.41, 5.74) is 0.735. The highest BCUT2D eigenvalue weighted by molar-refractivity contribution is 5.94. The van der Waals surface area contributed by atoms with E-state index < -0.39 is 16.8 Å². The normalized spacial score (nSPS) is 21.0. The van der Waals surface area contributed by atoms with Gasteiger partial charge >= 0.3 is 5.97 Å². The number of rotatable bonds is 4. The number of nitro groups is 1. The van der Waals surface area contributed by atoms with Crippen molar-refractivity contribution in [3.8, 4) is 0 Å². The molecule has 1 amide bonds. The lowest BCUT2D eigenvalue weighted by molar-refractivity contribution is -0.385. The second kappa shape index (κ2) is 5.90. The molecule has 0 spiro atoms. The van der Waals surface area contributed by atoms with Crippen LogP contribution in [-0.4, -0.2) is 21.9 Å². The zero-order valence-electron chi connectivity index (χ0n) is 11.5. The van der Waals surface area contributed by atoms with E-state index in [0.29, 0.717) is 30.5 Å². The first kappa shape index (κ1) is 15.0. The van der Waals surface area contributed by atoms with Gasteiger partial charge in [-0.2, -0.15) is 0 Å². The maximum absolute atomic E-state index is 12.1. The van der Waals surface area contributed by atoms with E-state index in [9.17, 15) is 19.7 Å². The second-order valence-electron chi connectivity index (χ2n) is 5.24. The predicted molar refractivity (Wildman–Crippen MR) is 74.9 cm³/mol. The molecule has 0 heterocycles. The van der Waals surface area contributed by atoms with Crippen molar-refractivity contribution in [3.63, 3.8) is 0 Å². The number of carboxylic acids is 1. The van der Waals surface area contributed by atoms with Crippen LogP contribution in [0.15, 0.2) is 18.2 Å². The average Bonchev–Trinajstić information content (AvgIpc) is 2.90. The molecular formula is C14H16N2O5. The first-order chi connectivity index (χ1) is 9.90. The van der Waals surface area contributed by atoms with Crippen LogP contribution in [0.1, 0.15) is 24.8 Å². The third kappa shape index (κ3) is 3.18. The molecule has 1 aromatic carbocycles. The fraction of sp³-hybridized carbons (Fsp3) is 0.429. The topological polar surface area (TPSA) is 110 Å². The number of anilines is 1. The summed E-state index contributed by atoms with van der Waals surface area (Å²) in [6, 6.07) is 4.49. The number of aliphatic carboxylic acids is 1. The molecule has 0 aliphatic heterocycles. The number of carbonyl (C=O) groups excluding carboxylic acids is 1. The second-order valence-corrected chi connectivity index (χ2v) is 5.24. The maximum Gasteiger partial charge on any atom is 0.306 e. The molecule has 1 aliphatic carbocycles. The summed E-state index contributed by atoms with van der Waals surface area (Å²) in [6.07, 6.45) is 1.33. The van der Waals surface area contributed by atoms with Gasteiger partial charge < -0.3 is 10.4 Å². The Kier molecular flexibility index (Phi) is 4.21. The fourth-order valence-electron chi connectivity index (χ4n) is 2.64. The van der Waals surface area contributed by atoms with Crippen molar-refractivity contribution in [3.05, 3.63) is 33.9 Å². The lowest BCUT2D eigenvalue weighted by Gasteiger charge is -2.12. The van der Waals surface area contributed by atoms with E-state index in [2.05, 4.69) is 5.32 Å². The summed E-state index contributed by atoms with van der Waals surface area (Å²) in [4.78, 5) is 33.4. The Labute approximate surface area is 121 Å².